The number of rotatable bonds is 5. The van der Waals surface area contributed by atoms with Gasteiger partial charge in [-0.05, 0) is 55.8 Å². The molecule has 1 fully saturated rings. The van der Waals surface area contributed by atoms with E-state index in [-0.39, 0.29) is 11.7 Å². The van der Waals surface area contributed by atoms with E-state index in [2.05, 4.69) is 29.9 Å². The molecule has 1 aromatic carbocycles. The number of halogens is 3. The van der Waals surface area contributed by atoms with Crippen LogP contribution in [0.25, 0.3) is 0 Å². The van der Waals surface area contributed by atoms with Crippen molar-refractivity contribution in [1.29, 1.82) is 0 Å². The zero-order valence-corrected chi connectivity index (χ0v) is 18.6. The molecule has 0 spiro atoms. The lowest BCUT2D eigenvalue weighted by Gasteiger charge is -2.35. The number of pyridine rings is 1. The van der Waals surface area contributed by atoms with Gasteiger partial charge < -0.3 is 19.9 Å². The maximum absolute atomic E-state index is 12.8. The highest BCUT2D eigenvalue weighted by Crippen LogP contribution is 2.24. The smallest absolute Gasteiger partial charge is 0.406 e. The quantitative estimate of drug-likeness (QED) is 0.599. The Bertz CT molecular complexity index is 1160. The van der Waals surface area contributed by atoms with Crippen LogP contribution < -0.4 is 15.0 Å². The van der Waals surface area contributed by atoms with Crippen LogP contribution in [-0.4, -0.2) is 58.3 Å². The fourth-order valence-corrected chi connectivity index (χ4v) is 3.63. The van der Waals surface area contributed by atoms with Crippen LogP contribution in [-0.2, 0) is 0 Å². The molecular weight excluding hydrogens is 449 g/mol. The van der Waals surface area contributed by atoms with Crippen LogP contribution in [0.15, 0.2) is 48.7 Å². The first kappa shape index (κ1) is 23.3. The summed E-state index contributed by atoms with van der Waals surface area (Å²) in [5, 5.41) is 3.20. The number of alkyl halides is 3. The largest absolute Gasteiger partial charge is 0.573 e. The molecule has 1 saturated heterocycles. The summed E-state index contributed by atoms with van der Waals surface area (Å²) in [4.78, 5) is 29.8. The van der Waals surface area contributed by atoms with Crippen LogP contribution in [0.5, 0.6) is 5.75 Å². The number of amides is 1. The molecule has 178 valence electrons. The average molecular weight is 472 g/mol. The van der Waals surface area contributed by atoms with Gasteiger partial charge >= 0.3 is 6.36 Å². The second-order valence-corrected chi connectivity index (χ2v) is 7.85. The minimum atomic E-state index is -4.77. The molecule has 1 aliphatic heterocycles. The van der Waals surface area contributed by atoms with Crippen molar-refractivity contribution >= 4 is 23.4 Å². The Morgan fingerprint density at radius 1 is 0.971 bits per heavy atom. The number of piperazine rings is 1. The Balaban J connectivity index is 1.38. The first-order chi connectivity index (χ1) is 16.2. The number of hydrogen-bond acceptors (Lipinski definition) is 7. The third-order valence-electron chi connectivity index (χ3n) is 5.22. The van der Waals surface area contributed by atoms with Gasteiger partial charge in [0.1, 0.15) is 29.0 Å². The van der Waals surface area contributed by atoms with Gasteiger partial charge in [-0.15, -0.1) is 13.2 Å². The SMILES string of the molecule is Cc1ccnc(Nc2cc(N3CCN(C(=O)c4ccc(OC(F)(F)F)cc4)CC3)nc(C)n2)c1. The molecule has 0 saturated carbocycles. The van der Waals surface area contributed by atoms with Crippen LogP contribution in [0.2, 0.25) is 0 Å². The number of benzene rings is 1. The summed E-state index contributed by atoms with van der Waals surface area (Å²) in [6.07, 6.45) is -3.05. The van der Waals surface area contributed by atoms with Gasteiger partial charge in [-0.2, -0.15) is 0 Å². The van der Waals surface area contributed by atoms with Gasteiger partial charge in [0.15, 0.2) is 0 Å². The second kappa shape index (κ2) is 9.54. The highest BCUT2D eigenvalue weighted by Gasteiger charge is 2.31. The number of ether oxygens (including phenoxy) is 1. The number of hydrogen-bond donors (Lipinski definition) is 1. The number of carbonyl (C=O) groups is 1. The molecule has 1 amide bonds. The summed E-state index contributed by atoms with van der Waals surface area (Å²) >= 11 is 0. The maximum atomic E-state index is 12.8. The van der Waals surface area contributed by atoms with E-state index in [0.29, 0.717) is 49.2 Å². The molecule has 1 N–H and O–H groups in total. The predicted molar refractivity (Wildman–Crippen MR) is 120 cm³/mol. The lowest BCUT2D eigenvalue weighted by atomic mass is 10.1. The zero-order chi connectivity index (χ0) is 24.3. The van der Waals surface area contributed by atoms with E-state index in [1.165, 1.54) is 12.1 Å². The van der Waals surface area contributed by atoms with Gasteiger partial charge in [-0.25, -0.2) is 15.0 Å². The van der Waals surface area contributed by atoms with Gasteiger partial charge in [0.05, 0.1) is 0 Å². The number of aromatic nitrogens is 3. The normalized spacial score (nSPS) is 14.1. The Morgan fingerprint density at radius 3 is 2.32 bits per heavy atom. The highest BCUT2D eigenvalue weighted by molar-refractivity contribution is 5.94. The van der Waals surface area contributed by atoms with Crippen molar-refractivity contribution in [2.75, 3.05) is 36.4 Å². The van der Waals surface area contributed by atoms with Crippen molar-refractivity contribution in [2.24, 2.45) is 0 Å². The third-order valence-corrected chi connectivity index (χ3v) is 5.22. The first-order valence-electron chi connectivity index (χ1n) is 10.6. The minimum Gasteiger partial charge on any atom is -0.406 e. The van der Waals surface area contributed by atoms with E-state index >= 15 is 0 Å². The first-order valence-corrected chi connectivity index (χ1v) is 10.6. The van der Waals surface area contributed by atoms with Gasteiger partial charge in [0.2, 0.25) is 0 Å². The fraction of sp³-hybridized carbons (Fsp3) is 0.304. The third kappa shape index (κ3) is 5.91. The molecule has 3 aromatic rings. The van der Waals surface area contributed by atoms with E-state index in [1.54, 1.807) is 11.1 Å². The fourth-order valence-electron chi connectivity index (χ4n) is 3.63. The molecule has 3 heterocycles. The molecule has 0 unspecified atom stereocenters. The van der Waals surface area contributed by atoms with Crippen LogP contribution in [0.4, 0.5) is 30.6 Å². The number of nitrogens with zero attached hydrogens (tertiary/aromatic N) is 5. The number of carbonyl (C=O) groups excluding carboxylic acids is 1. The summed E-state index contributed by atoms with van der Waals surface area (Å²) in [6.45, 7) is 5.80. The van der Waals surface area contributed by atoms with Crippen LogP contribution in [0.1, 0.15) is 21.7 Å². The molecule has 0 atom stereocenters. The molecule has 4 rings (SSSR count). The number of aryl methyl sites for hydroxylation is 2. The topological polar surface area (TPSA) is 83.5 Å². The van der Waals surface area contributed by atoms with Crippen molar-refractivity contribution < 1.29 is 22.7 Å². The van der Waals surface area contributed by atoms with E-state index in [4.69, 9.17) is 0 Å². The Kier molecular flexibility index (Phi) is 6.53. The van der Waals surface area contributed by atoms with E-state index < -0.39 is 6.36 Å². The zero-order valence-electron chi connectivity index (χ0n) is 18.6. The summed E-state index contributed by atoms with van der Waals surface area (Å²) in [5.41, 5.74) is 1.38. The van der Waals surface area contributed by atoms with Gasteiger partial charge in [-0.3, -0.25) is 4.79 Å². The molecule has 11 heteroatoms. The predicted octanol–water partition coefficient (Wildman–Crippen LogP) is 4.09. The highest BCUT2D eigenvalue weighted by atomic mass is 19.4. The Hall–Kier alpha value is -3.89. The molecule has 1 aliphatic rings. The van der Waals surface area contributed by atoms with Gasteiger partial charge in [-0.1, -0.05) is 0 Å². The monoisotopic (exact) mass is 472 g/mol. The summed E-state index contributed by atoms with van der Waals surface area (Å²) in [5.74, 6) is 2.05. The molecule has 8 nitrogen and oxygen atoms in total. The lowest BCUT2D eigenvalue weighted by molar-refractivity contribution is -0.274. The van der Waals surface area contributed by atoms with E-state index in [9.17, 15) is 18.0 Å². The second-order valence-electron chi connectivity index (χ2n) is 7.85. The molecule has 0 bridgehead atoms. The number of anilines is 3. The Labute approximate surface area is 194 Å². The van der Waals surface area contributed by atoms with E-state index in [1.807, 2.05) is 32.0 Å². The summed E-state index contributed by atoms with van der Waals surface area (Å²) in [7, 11) is 0. The molecule has 0 aliphatic carbocycles. The van der Waals surface area contributed by atoms with Gasteiger partial charge in [0, 0.05) is 44.0 Å². The van der Waals surface area contributed by atoms with Crippen LogP contribution in [0.3, 0.4) is 0 Å². The van der Waals surface area contributed by atoms with Crippen molar-refractivity contribution in [3.63, 3.8) is 0 Å². The molecule has 34 heavy (non-hydrogen) atoms. The Morgan fingerprint density at radius 2 is 1.68 bits per heavy atom. The summed E-state index contributed by atoms with van der Waals surface area (Å²) in [6, 6.07) is 10.6. The summed E-state index contributed by atoms with van der Waals surface area (Å²) < 4.78 is 40.8. The van der Waals surface area contributed by atoms with Gasteiger partial charge in [0.25, 0.3) is 5.91 Å². The van der Waals surface area contributed by atoms with Crippen molar-refractivity contribution in [2.45, 2.75) is 20.2 Å². The minimum absolute atomic E-state index is 0.245. The number of nitrogens with one attached hydrogen (secondary N) is 1. The van der Waals surface area contributed by atoms with Crippen LogP contribution in [0, 0.1) is 13.8 Å². The van der Waals surface area contributed by atoms with Crippen molar-refractivity contribution in [3.8, 4) is 5.75 Å². The van der Waals surface area contributed by atoms with Crippen LogP contribution >= 0.6 is 0 Å². The molecular formula is C23H23F3N6O2. The molecule has 0 radical (unpaired) electrons. The average Bonchev–Trinajstić information content (AvgIpc) is 2.78. The lowest BCUT2D eigenvalue weighted by Crippen LogP contribution is -2.49. The van der Waals surface area contributed by atoms with Crippen molar-refractivity contribution in [3.05, 3.63) is 65.6 Å². The maximum Gasteiger partial charge on any atom is 0.573 e. The standard InChI is InChI=1S/C23H23F3N6O2/c1-15-7-8-27-19(13-15)30-20-14-21(29-16(2)28-20)31-9-11-32(12-10-31)22(33)17-3-5-18(6-4-17)34-23(24,25)26/h3-8,13-14H,9-12H2,1-2H3,(H,27,28,29,30). The van der Waals surface area contributed by atoms with Crippen molar-refractivity contribution in [1.82, 2.24) is 19.9 Å². The van der Waals surface area contributed by atoms with E-state index in [0.717, 1.165) is 23.5 Å². The molecule has 2 aromatic heterocycles.